The molecule has 8 heteroatoms. The minimum absolute atomic E-state index is 0.0910. The second-order valence-electron chi connectivity index (χ2n) is 3.14. The van der Waals surface area contributed by atoms with Crippen LogP contribution in [0, 0.1) is 0 Å². The lowest BCUT2D eigenvalue weighted by Gasteiger charge is -2.07. The number of carbonyl (C=O) groups is 1. The zero-order chi connectivity index (χ0) is 12.6. The molecule has 0 radical (unpaired) electrons. The Morgan fingerprint density at radius 2 is 2.12 bits per heavy atom. The molecule has 2 rings (SSSR count). The van der Waals surface area contributed by atoms with E-state index in [0.717, 1.165) is 13.4 Å². The van der Waals surface area contributed by atoms with Gasteiger partial charge in [-0.25, -0.2) is 14.8 Å². The minimum atomic E-state index is -4.57. The molecule has 0 aliphatic carbocycles. The van der Waals surface area contributed by atoms with E-state index in [2.05, 4.69) is 19.7 Å². The third-order valence-corrected chi connectivity index (χ3v) is 2.14. The van der Waals surface area contributed by atoms with Crippen LogP contribution in [0.2, 0.25) is 0 Å². The molecular formula is C9H6F3N3O2. The van der Waals surface area contributed by atoms with Crippen molar-refractivity contribution in [1.29, 1.82) is 0 Å². The van der Waals surface area contributed by atoms with Gasteiger partial charge in [-0.3, -0.25) is 0 Å². The number of carbonyl (C=O) groups excluding carboxylic acids is 1. The smallest absolute Gasteiger partial charge is 0.420 e. The van der Waals surface area contributed by atoms with E-state index in [4.69, 9.17) is 0 Å². The molecule has 2 heterocycles. The van der Waals surface area contributed by atoms with Crippen LogP contribution in [0.3, 0.4) is 0 Å². The van der Waals surface area contributed by atoms with Crippen molar-refractivity contribution in [2.75, 3.05) is 7.11 Å². The average Bonchev–Trinajstić information content (AvgIpc) is 2.73. The number of hydrogen-bond acceptors (Lipinski definition) is 4. The second kappa shape index (κ2) is 3.72. The number of esters is 1. The fourth-order valence-electron chi connectivity index (χ4n) is 1.39. The highest BCUT2D eigenvalue weighted by Gasteiger charge is 2.35. The van der Waals surface area contributed by atoms with Crippen LogP contribution in [-0.4, -0.2) is 28.0 Å². The van der Waals surface area contributed by atoms with Crippen molar-refractivity contribution >= 4 is 17.0 Å². The molecule has 0 saturated heterocycles. The third-order valence-electron chi connectivity index (χ3n) is 2.14. The summed E-state index contributed by atoms with van der Waals surface area (Å²) in [6.07, 6.45) is -2.95. The number of nitrogens with one attached hydrogen (secondary N) is 1. The van der Waals surface area contributed by atoms with Crippen LogP contribution >= 0.6 is 0 Å². The first-order chi connectivity index (χ1) is 7.95. The van der Waals surface area contributed by atoms with Gasteiger partial charge < -0.3 is 9.72 Å². The Labute approximate surface area is 92.6 Å². The number of rotatable bonds is 1. The molecule has 0 atom stereocenters. The SMILES string of the molecule is COC(=O)c1ncc(C(F)(F)F)c2nc[nH]c12. The van der Waals surface area contributed by atoms with Gasteiger partial charge in [-0.1, -0.05) is 0 Å². The van der Waals surface area contributed by atoms with Crippen molar-refractivity contribution in [1.82, 2.24) is 15.0 Å². The molecule has 0 unspecified atom stereocenters. The summed E-state index contributed by atoms with van der Waals surface area (Å²) in [6.45, 7) is 0. The molecule has 90 valence electrons. The molecule has 0 aliphatic rings. The number of aromatic nitrogens is 3. The largest absolute Gasteiger partial charge is 0.464 e. The molecule has 2 aromatic heterocycles. The van der Waals surface area contributed by atoms with Gasteiger partial charge >= 0.3 is 12.1 Å². The normalized spacial score (nSPS) is 11.8. The molecule has 0 fully saturated rings. The molecule has 0 aliphatic heterocycles. The van der Waals surface area contributed by atoms with Crippen LogP contribution in [0.4, 0.5) is 13.2 Å². The number of H-pyrrole nitrogens is 1. The first kappa shape index (κ1) is 11.4. The lowest BCUT2D eigenvalue weighted by molar-refractivity contribution is -0.136. The summed E-state index contributed by atoms with van der Waals surface area (Å²) in [5.41, 5.74) is -1.67. The maximum absolute atomic E-state index is 12.6. The molecule has 5 nitrogen and oxygen atoms in total. The van der Waals surface area contributed by atoms with Crippen LogP contribution in [0.5, 0.6) is 0 Å². The van der Waals surface area contributed by atoms with Crippen LogP contribution in [0.1, 0.15) is 16.1 Å². The lowest BCUT2D eigenvalue weighted by Crippen LogP contribution is -2.11. The number of fused-ring (bicyclic) bond motifs is 1. The Morgan fingerprint density at radius 1 is 1.41 bits per heavy atom. The Morgan fingerprint density at radius 3 is 2.71 bits per heavy atom. The van der Waals surface area contributed by atoms with Gasteiger partial charge in [0.1, 0.15) is 11.1 Å². The first-order valence-corrected chi connectivity index (χ1v) is 4.42. The number of alkyl halides is 3. The van der Waals surface area contributed by atoms with E-state index in [-0.39, 0.29) is 16.7 Å². The van der Waals surface area contributed by atoms with E-state index < -0.39 is 17.7 Å². The summed E-state index contributed by atoms with van der Waals surface area (Å²) in [4.78, 5) is 20.7. The summed E-state index contributed by atoms with van der Waals surface area (Å²) >= 11 is 0. The van der Waals surface area contributed by atoms with Crippen molar-refractivity contribution < 1.29 is 22.7 Å². The molecule has 0 bridgehead atoms. The predicted octanol–water partition coefficient (Wildman–Crippen LogP) is 1.76. The monoisotopic (exact) mass is 245 g/mol. The van der Waals surface area contributed by atoms with Gasteiger partial charge in [0.05, 0.1) is 19.0 Å². The van der Waals surface area contributed by atoms with E-state index in [9.17, 15) is 18.0 Å². The number of ether oxygens (including phenoxy) is 1. The number of nitrogens with zero attached hydrogens (tertiary/aromatic N) is 2. The van der Waals surface area contributed by atoms with E-state index >= 15 is 0 Å². The molecule has 17 heavy (non-hydrogen) atoms. The Hall–Kier alpha value is -2.12. The Balaban J connectivity index is 2.71. The number of pyridine rings is 1. The second-order valence-corrected chi connectivity index (χ2v) is 3.14. The van der Waals surface area contributed by atoms with Gasteiger partial charge in [0.25, 0.3) is 0 Å². The van der Waals surface area contributed by atoms with Crippen LogP contribution in [0.15, 0.2) is 12.5 Å². The van der Waals surface area contributed by atoms with Crippen molar-refractivity contribution in [2.45, 2.75) is 6.18 Å². The molecule has 0 amide bonds. The van der Waals surface area contributed by atoms with Crippen molar-refractivity contribution in [3.8, 4) is 0 Å². The maximum Gasteiger partial charge on any atom is 0.420 e. The zero-order valence-corrected chi connectivity index (χ0v) is 8.50. The molecule has 0 aromatic carbocycles. The van der Waals surface area contributed by atoms with Gasteiger partial charge in [-0.2, -0.15) is 13.2 Å². The van der Waals surface area contributed by atoms with Crippen molar-refractivity contribution in [2.24, 2.45) is 0 Å². The first-order valence-electron chi connectivity index (χ1n) is 4.42. The average molecular weight is 245 g/mol. The van der Waals surface area contributed by atoms with Crippen LogP contribution < -0.4 is 0 Å². The van der Waals surface area contributed by atoms with E-state index in [1.807, 2.05) is 0 Å². The maximum atomic E-state index is 12.6. The molecule has 0 saturated carbocycles. The number of methoxy groups -OCH3 is 1. The van der Waals surface area contributed by atoms with Gasteiger partial charge in [0, 0.05) is 6.20 Å². The number of imidazole rings is 1. The van der Waals surface area contributed by atoms with E-state index in [1.165, 1.54) is 0 Å². The third kappa shape index (κ3) is 1.81. The van der Waals surface area contributed by atoms with E-state index in [0.29, 0.717) is 6.20 Å². The summed E-state index contributed by atoms with van der Waals surface area (Å²) in [5.74, 6) is -0.826. The number of hydrogen-bond donors (Lipinski definition) is 1. The van der Waals surface area contributed by atoms with Gasteiger partial charge in [-0.15, -0.1) is 0 Å². The number of halogens is 3. The van der Waals surface area contributed by atoms with Gasteiger partial charge in [0.2, 0.25) is 0 Å². The molecule has 0 spiro atoms. The standard InChI is InChI=1S/C9H6F3N3O2/c1-17-8(16)7-6-5(14-3-15-6)4(2-13-7)9(10,11)12/h2-3H,1H3,(H,14,15). The molecule has 1 N–H and O–H groups in total. The summed E-state index contributed by atoms with van der Waals surface area (Å²) < 4.78 is 42.2. The number of aromatic amines is 1. The Bertz CT molecular complexity index is 576. The summed E-state index contributed by atoms with van der Waals surface area (Å²) in [6, 6.07) is 0. The minimum Gasteiger partial charge on any atom is -0.464 e. The fraction of sp³-hybridized carbons (Fsp3) is 0.222. The highest BCUT2D eigenvalue weighted by Crippen LogP contribution is 2.33. The van der Waals surface area contributed by atoms with Gasteiger partial charge in [-0.05, 0) is 0 Å². The highest BCUT2D eigenvalue weighted by atomic mass is 19.4. The van der Waals surface area contributed by atoms with Gasteiger partial charge in [0.15, 0.2) is 5.69 Å². The topological polar surface area (TPSA) is 67.9 Å². The Kier molecular flexibility index (Phi) is 2.49. The lowest BCUT2D eigenvalue weighted by atomic mass is 10.2. The van der Waals surface area contributed by atoms with Crippen LogP contribution in [-0.2, 0) is 10.9 Å². The predicted molar refractivity (Wildman–Crippen MR) is 50.2 cm³/mol. The molecular weight excluding hydrogens is 239 g/mol. The zero-order valence-electron chi connectivity index (χ0n) is 8.50. The van der Waals surface area contributed by atoms with E-state index in [1.54, 1.807) is 0 Å². The highest BCUT2D eigenvalue weighted by molar-refractivity contribution is 6.00. The summed E-state index contributed by atoms with van der Waals surface area (Å²) in [7, 11) is 1.11. The van der Waals surface area contributed by atoms with Crippen molar-refractivity contribution in [3.05, 3.63) is 23.8 Å². The molecule has 2 aromatic rings. The quantitative estimate of drug-likeness (QED) is 0.777. The van der Waals surface area contributed by atoms with Crippen LogP contribution in [0.25, 0.3) is 11.0 Å². The summed E-state index contributed by atoms with van der Waals surface area (Å²) in [5, 5.41) is 0. The van der Waals surface area contributed by atoms with Crippen molar-refractivity contribution in [3.63, 3.8) is 0 Å². The fourth-order valence-corrected chi connectivity index (χ4v) is 1.39.